The number of ether oxygens (including phenoxy) is 2. The van der Waals surface area contributed by atoms with Crippen LogP contribution in [0.25, 0.3) is 10.2 Å². The Hall–Kier alpha value is -2.12. The SMILES string of the molecule is COc1ccc(OC)c2c1sc(=NC(=O)c1ccccc1Br)n2C. The van der Waals surface area contributed by atoms with Gasteiger partial charge in [-0.2, -0.15) is 4.99 Å². The maximum absolute atomic E-state index is 12.5. The molecule has 0 aliphatic heterocycles. The lowest BCUT2D eigenvalue weighted by molar-refractivity contribution is 0.0997. The highest BCUT2D eigenvalue weighted by Gasteiger charge is 2.15. The van der Waals surface area contributed by atoms with Crippen molar-refractivity contribution in [1.82, 2.24) is 4.57 Å². The maximum atomic E-state index is 12.5. The lowest BCUT2D eigenvalue weighted by Crippen LogP contribution is -2.13. The van der Waals surface area contributed by atoms with E-state index in [1.165, 1.54) is 11.3 Å². The van der Waals surface area contributed by atoms with E-state index in [9.17, 15) is 4.79 Å². The van der Waals surface area contributed by atoms with Gasteiger partial charge in [0.15, 0.2) is 4.80 Å². The van der Waals surface area contributed by atoms with E-state index in [2.05, 4.69) is 20.9 Å². The molecule has 0 N–H and O–H groups in total. The molecule has 0 radical (unpaired) electrons. The fourth-order valence-corrected chi connectivity index (χ4v) is 3.99. The first-order chi connectivity index (χ1) is 11.6. The lowest BCUT2D eigenvalue weighted by atomic mass is 10.2. The number of hydrogen-bond acceptors (Lipinski definition) is 4. The molecule has 0 saturated carbocycles. The highest BCUT2D eigenvalue weighted by molar-refractivity contribution is 9.10. The summed E-state index contributed by atoms with van der Waals surface area (Å²) in [5, 5.41) is 0. The van der Waals surface area contributed by atoms with E-state index in [1.54, 1.807) is 20.3 Å². The minimum Gasteiger partial charge on any atom is -0.495 e. The Morgan fingerprint density at radius 2 is 1.79 bits per heavy atom. The Labute approximate surface area is 151 Å². The molecule has 0 saturated heterocycles. The minimum atomic E-state index is -0.303. The van der Waals surface area contributed by atoms with Crippen LogP contribution in [0.1, 0.15) is 10.4 Å². The van der Waals surface area contributed by atoms with Gasteiger partial charge < -0.3 is 14.0 Å². The standard InChI is InChI=1S/C17H15BrN2O3S/c1-20-14-12(22-2)8-9-13(23-3)15(14)24-17(20)19-16(21)10-6-4-5-7-11(10)18/h4-9H,1-3H3. The van der Waals surface area contributed by atoms with Crippen molar-refractivity contribution in [1.29, 1.82) is 0 Å². The van der Waals surface area contributed by atoms with Crippen LogP contribution in [0, 0.1) is 0 Å². The molecule has 1 amide bonds. The smallest absolute Gasteiger partial charge is 0.280 e. The number of methoxy groups -OCH3 is 2. The summed E-state index contributed by atoms with van der Waals surface area (Å²) < 4.78 is 14.3. The average molecular weight is 407 g/mol. The third kappa shape index (κ3) is 2.85. The molecule has 0 aliphatic rings. The molecule has 1 heterocycles. The van der Waals surface area contributed by atoms with E-state index < -0.39 is 0 Å². The maximum Gasteiger partial charge on any atom is 0.280 e. The molecule has 0 fully saturated rings. The predicted molar refractivity (Wildman–Crippen MR) is 97.9 cm³/mol. The molecule has 1 aromatic heterocycles. The second kappa shape index (κ2) is 6.78. The molecule has 0 aliphatic carbocycles. The third-order valence-electron chi connectivity index (χ3n) is 3.62. The number of rotatable bonds is 3. The monoisotopic (exact) mass is 406 g/mol. The summed E-state index contributed by atoms with van der Waals surface area (Å²) in [5.74, 6) is 1.13. The molecule has 0 unspecified atom stereocenters. The van der Waals surface area contributed by atoms with E-state index >= 15 is 0 Å². The van der Waals surface area contributed by atoms with Crippen LogP contribution in [0.15, 0.2) is 45.9 Å². The quantitative estimate of drug-likeness (QED) is 0.665. The zero-order valence-electron chi connectivity index (χ0n) is 13.4. The molecule has 3 rings (SSSR count). The number of halogens is 1. The van der Waals surface area contributed by atoms with Gasteiger partial charge in [0.25, 0.3) is 5.91 Å². The second-order valence-electron chi connectivity index (χ2n) is 4.99. The molecular formula is C17H15BrN2O3S. The molecule has 24 heavy (non-hydrogen) atoms. The summed E-state index contributed by atoms with van der Waals surface area (Å²) in [4.78, 5) is 17.4. The number of aromatic nitrogens is 1. The number of benzene rings is 2. The minimum absolute atomic E-state index is 0.303. The van der Waals surface area contributed by atoms with Crippen molar-refractivity contribution in [2.75, 3.05) is 14.2 Å². The molecule has 0 spiro atoms. The molecule has 124 valence electrons. The fraction of sp³-hybridized carbons (Fsp3) is 0.176. The van der Waals surface area contributed by atoms with Crippen LogP contribution in [0.5, 0.6) is 11.5 Å². The van der Waals surface area contributed by atoms with Crippen LogP contribution < -0.4 is 14.3 Å². The molecular weight excluding hydrogens is 392 g/mol. The van der Waals surface area contributed by atoms with Crippen LogP contribution in [0.2, 0.25) is 0 Å². The van der Waals surface area contributed by atoms with Crippen molar-refractivity contribution in [2.45, 2.75) is 0 Å². The van der Waals surface area contributed by atoms with E-state index in [0.717, 1.165) is 20.4 Å². The highest BCUT2D eigenvalue weighted by atomic mass is 79.9. The number of nitrogens with zero attached hydrogens (tertiary/aromatic N) is 2. The Morgan fingerprint density at radius 3 is 2.46 bits per heavy atom. The Balaban J connectivity index is 2.22. The van der Waals surface area contributed by atoms with Crippen molar-refractivity contribution in [3.63, 3.8) is 0 Å². The van der Waals surface area contributed by atoms with Crippen LogP contribution in [-0.2, 0) is 7.05 Å². The summed E-state index contributed by atoms with van der Waals surface area (Å²) in [6, 6.07) is 10.9. The predicted octanol–water partition coefficient (Wildman–Crippen LogP) is 3.76. The van der Waals surface area contributed by atoms with Gasteiger partial charge in [-0.3, -0.25) is 4.79 Å². The van der Waals surface area contributed by atoms with E-state index in [0.29, 0.717) is 16.1 Å². The number of carbonyl (C=O) groups excluding carboxylic acids is 1. The van der Waals surface area contributed by atoms with Gasteiger partial charge >= 0.3 is 0 Å². The van der Waals surface area contributed by atoms with Crippen molar-refractivity contribution in [3.8, 4) is 11.5 Å². The highest BCUT2D eigenvalue weighted by Crippen LogP contribution is 2.34. The number of carbonyl (C=O) groups is 1. The lowest BCUT2D eigenvalue weighted by Gasteiger charge is -2.06. The summed E-state index contributed by atoms with van der Waals surface area (Å²) in [7, 11) is 5.08. The number of thiazole rings is 1. The van der Waals surface area contributed by atoms with Gasteiger partial charge in [-0.15, -0.1) is 0 Å². The second-order valence-corrected chi connectivity index (χ2v) is 6.82. The average Bonchev–Trinajstić information content (AvgIpc) is 2.91. The summed E-state index contributed by atoms with van der Waals surface area (Å²) in [6.07, 6.45) is 0. The fourth-order valence-electron chi connectivity index (χ4n) is 2.41. The zero-order chi connectivity index (χ0) is 17.3. The van der Waals surface area contributed by atoms with Crippen LogP contribution in [0.4, 0.5) is 0 Å². The number of aryl methyl sites for hydroxylation is 1. The first-order valence-corrected chi connectivity index (χ1v) is 8.72. The van der Waals surface area contributed by atoms with Gasteiger partial charge in [0.05, 0.1) is 19.8 Å². The van der Waals surface area contributed by atoms with E-state index in [-0.39, 0.29) is 5.91 Å². The Morgan fingerprint density at radius 1 is 1.12 bits per heavy atom. The Kier molecular flexibility index (Phi) is 4.73. The Bertz CT molecular complexity index is 991. The van der Waals surface area contributed by atoms with Crippen LogP contribution >= 0.6 is 27.3 Å². The normalized spacial score (nSPS) is 11.8. The summed E-state index contributed by atoms with van der Waals surface area (Å²) >= 11 is 4.77. The van der Waals surface area contributed by atoms with Gasteiger partial charge in [0, 0.05) is 11.5 Å². The first-order valence-electron chi connectivity index (χ1n) is 7.11. The topological polar surface area (TPSA) is 52.8 Å². The van der Waals surface area contributed by atoms with E-state index in [4.69, 9.17) is 9.47 Å². The van der Waals surface area contributed by atoms with Crippen molar-refractivity contribution >= 4 is 43.4 Å². The van der Waals surface area contributed by atoms with Crippen molar-refractivity contribution in [3.05, 3.63) is 51.2 Å². The largest absolute Gasteiger partial charge is 0.495 e. The molecule has 2 aromatic carbocycles. The summed E-state index contributed by atoms with van der Waals surface area (Å²) in [6.45, 7) is 0. The summed E-state index contributed by atoms with van der Waals surface area (Å²) in [5.41, 5.74) is 1.37. The first kappa shape index (κ1) is 16.7. The molecule has 7 heteroatoms. The molecule has 3 aromatic rings. The number of hydrogen-bond donors (Lipinski definition) is 0. The van der Waals surface area contributed by atoms with Gasteiger partial charge in [0.1, 0.15) is 21.7 Å². The van der Waals surface area contributed by atoms with E-state index in [1.807, 2.05) is 41.9 Å². The van der Waals surface area contributed by atoms with Crippen molar-refractivity contribution in [2.24, 2.45) is 12.0 Å². The number of amides is 1. The van der Waals surface area contributed by atoms with Crippen molar-refractivity contribution < 1.29 is 14.3 Å². The number of fused-ring (bicyclic) bond motifs is 1. The van der Waals surface area contributed by atoms with Gasteiger partial charge in [-0.1, -0.05) is 23.5 Å². The zero-order valence-corrected chi connectivity index (χ0v) is 15.8. The molecule has 0 atom stereocenters. The third-order valence-corrected chi connectivity index (χ3v) is 5.45. The van der Waals surface area contributed by atoms with Gasteiger partial charge in [-0.05, 0) is 40.2 Å². The molecule has 5 nitrogen and oxygen atoms in total. The molecule has 0 bridgehead atoms. The van der Waals surface area contributed by atoms with Gasteiger partial charge in [-0.25, -0.2) is 0 Å². The van der Waals surface area contributed by atoms with Crippen LogP contribution in [0.3, 0.4) is 0 Å². The van der Waals surface area contributed by atoms with Crippen LogP contribution in [-0.4, -0.2) is 24.7 Å². The van der Waals surface area contributed by atoms with Gasteiger partial charge in [0.2, 0.25) is 0 Å².